The number of aromatic nitrogens is 2. The molecule has 1 saturated heterocycles. The first-order valence-electron chi connectivity index (χ1n) is 6.76. The molecule has 3 rings (SSSR count). The Hall–Kier alpha value is -1.64. The summed E-state index contributed by atoms with van der Waals surface area (Å²) < 4.78 is 27.2. The van der Waals surface area contributed by atoms with Crippen LogP contribution in [-0.2, 0) is 10.0 Å². The summed E-state index contributed by atoms with van der Waals surface area (Å²) in [6.45, 7) is 5.46. The Morgan fingerprint density at radius 1 is 1.19 bits per heavy atom. The number of aromatic amines is 2. The van der Waals surface area contributed by atoms with E-state index in [-0.39, 0.29) is 10.6 Å². The van der Waals surface area contributed by atoms with Gasteiger partial charge >= 0.3 is 5.69 Å². The van der Waals surface area contributed by atoms with Crippen LogP contribution >= 0.6 is 0 Å². The fourth-order valence-electron chi connectivity index (χ4n) is 2.71. The molecule has 1 aromatic carbocycles. The molecule has 0 spiro atoms. The molecule has 21 heavy (non-hydrogen) atoms. The lowest BCUT2D eigenvalue weighted by atomic mass is 10.0. The summed E-state index contributed by atoms with van der Waals surface area (Å²) in [5.41, 5.74) is 0.256. The largest absolute Gasteiger partial charge is 0.323 e. The molecular formula is C13H18N4O3S. The standard InChI is InChI=1S/C13H18N4O3S/c1-13(2)8-14-5-6-17(13)21(19,20)9-3-4-10-11(7-9)16-12(18)15-10/h3-4,7,14H,5-6,8H2,1-2H3,(H2,15,16,18). The third-order valence-corrected chi connectivity index (χ3v) is 5.91. The molecule has 1 aliphatic rings. The van der Waals surface area contributed by atoms with Crippen LogP contribution in [0.2, 0.25) is 0 Å². The van der Waals surface area contributed by atoms with Gasteiger partial charge in [0.05, 0.1) is 15.9 Å². The number of fused-ring (bicyclic) bond motifs is 1. The van der Waals surface area contributed by atoms with Crippen LogP contribution in [0.25, 0.3) is 11.0 Å². The minimum absolute atomic E-state index is 0.195. The quantitative estimate of drug-likeness (QED) is 0.739. The predicted molar refractivity (Wildman–Crippen MR) is 79.8 cm³/mol. The van der Waals surface area contributed by atoms with E-state index in [1.807, 2.05) is 13.8 Å². The van der Waals surface area contributed by atoms with Crippen LogP contribution in [-0.4, -0.2) is 47.9 Å². The molecule has 0 radical (unpaired) electrons. The lowest BCUT2D eigenvalue weighted by molar-refractivity contribution is 0.186. The zero-order valence-electron chi connectivity index (χ0n) is 11.9. The fourth-order valence-corrected chi connectivity index (χ4v) is 4.52. The third-order valence-electron chi connectivity index (χ3n) is 3.80. The summed E-state index contributed by atoms with van der Waals surface area (Å²) in [4.78, 5) is 16.7. The first-order chi connectivity index (χ1) is 9.80. The van der Waals surface area contributed by atoms with Crippen molar-refractivity contribution in [3.63, 3.8) is 0 Å². The van der Waals surface area contributed by atoms with Crippen molar-refractivity contribution < 1.29 is 8.42 Å². The summed E-state index contributed by atoms with van der Waals surface area (Å²) >= 11 is 0. The summed E-state index contributed by atoms with van der Waals surface area (Å²) in [6.07, 6.45) is 0. The van der Waals surface area contributed by atoms with Crippen molar-refractivity contribution in [1.82, 2.24) is 19.6 Å². The SMILES string of the molecule is CC1(C)CNCCN1S(=O)(=O)c1ccc2[nH]c(=O)[nH]c2c1. The summed E-state index contributed by atoms with van der Waals surface area (Å²) in [5, 5.41) is 3.20. The number of nitrogens with one attached hydrogen (secondary N) is 3. The lowest BCUT2D eigenvalue weighted by Crippen LogP contribution is -2.59. The first-order valence-corrected chi connectivity index (χ1v) is 8.20. The zero-order valence-corrected chi connectivity index (χ0v) is 12.8. The molecule has 2 aromatic rings. The van der Waals surface area contributed by atoms with Gasteiger partial charge in [0.15, 0.2) is 0 Å². The Morgan fingerprint density at radius 3 is 2.62 bits per heavy atom. The van der Waals surface area contributed by atoms with Gasteiger partial charge in [0, 0.05) is 25.2 Å². The molecule has 1 aromatic heterocycles. The molecule has 7 nitrogen and oxygen atoms in total. The number of rotatable bonds is 2. The van der Waals surface area contributed by atoms with Crippen LogP contribution in [0.5, 0.6) is 0 Å². The number of nitrogens with zero attached hydrogens (tertiary/aromatic N) is 1. The first kappa shape index (κ1) is 14.3. The number of H-pyrrole nitrogens is 2. The van der Waals surface area contributed by atoms with E-state index >= 15 is 0 Å². The lowest BCUT2D eigenvalue weighted by Gasteiger charge is -2.41. The van der Waals surface area contributed by atoms with Gasteiger partial charge in [-0.1, -0.05) is 0 Å². The molecule has 114 valence electrons. The smallest absolute Gasteiger partial charge is 0.314 e. The van der Waals surface area contributed by atoms with Crippen LogP contribution in [0, 0.1) is 0 Å². The molecule has 0 saturated carbocycles. The Labute approximate surface area is 122 Å². The number of imidazole rings is 1. The van der Waals surface area contributed by atoms with Gasteiger partial charge < -0.3 is 15.3 Å². The zero-order chi connectivity index (χ0) is 15.3. The topological polar surface area (TPSA) is 98.1 Å². The fraction of sp³-hybridized carbons (Fsp3) is 0.462. The predicted octanol–water partition coefficient (Wildman–Crippen LogP) is 0.229. The average molecular weight is 310 g/mol. The second-order valence-electron chi connectivity index (χ2n) is 5.85. The minimum atomic E-state index is -3.59. The van der Waals surface area contributed by atoms with Crippen LogP contribution in [0.1, 0.15) is 13.8 Å². The van der Waals surface area contributed by atoms with Crippen LogP contribution in [0.3, 0.4) is 0 Å². The van der Waals surface area contributed by atoms with Crippen molar-refractivity contribution in [2.75, 3.05) is 19.6 Å². The second-order valence-corrected chi connectivity index (χ2v) is 7.72. The van der Waals surface area contributed by atoms with Crippen LogP contribution < -0.4 is 11.0 Å². The molecule has 3 N–H and O–H groups in total. The van der Waals surface area contributed by atoms with Gasteiger partial charge in [-0.3, -0.25) is 0 Å². The molecule has 0 aliphatic carbocycles. The number of benzene rings is 1. The number of piperazine rings is 1. The third kappa shape index (κ3) is 2.39. The van der Waals surface area contributed by atoms with E-state index in [2.05, 4.69) is 15.3 Å². The molecule has 0 bridgehead atoms. The number of hydrogen-bond donors (Lipinski definition) is 3. The van der Waals surface area contributed by atoms with E-state index in [4.69, 9.17) is 0 Å². The van der Waals surface area contributed by atoms with Gasteiger partial charge in [-0.2, -0.15) is 4.31 Å². The van der Waals surface area contributed by atoms with Gasteiger partial charge in [0.2, 0.25) is 10.0 Å². The average Bonchev–Trinajstić information content (AvgIpc) is 2.76. The summed E-state index contributed by atoms with van der Waals surface area (Å²) in [5.74, 6) is 0. The molecule has 0 atom stereocenters. The number of hydrogen-bond acceptors (Lipinski definition) is 4. The summed E-state index contributed by atoms with van der Waals surface area (Å²) in [7, 11) is -3.59. The van der Waals surface area contributed by atoms with E-state index in [1.54, 1.807) is 6.07 Å². The highest BCUT2D eigenvalue weighted by Crippen LogP contribution is 2.26. The van der Waals surface area contributed by atoms with Crippen molar-refractivity contribution in [3.8, 4) is 0 Å². The molecular weight excluding hydrogens is 292 g/mol. The van der Waals surface area contributed by atoms with Crippen molar-refractivity contribution in [2.45, 2.75) is 24.3 Å². The maximum atomic E-state index is 12.8. The van der Waals surface area contributed by atoms with Gasteiger partial charge in [-0.15, -0.1) is 0 Å². The Balaban J connectivity index is 2.08. The van der Waals surface area contributed by atoms with Gasteiger partial charge in [0.1, 0.15) is 0 Å². The maximum Gasteiger partial charge on any atom is 0.323 e. The van der Waals surface area contributed by atoms with Crippen molar-refractivity contribution in [2.24, 2.45) is 0 Å². The highest BCUT2D eigenvalue weighted by atomic mass is 32.2. The normalized spacial score (nSPS) is 19.9. The van der Waals surface area contributed by atoms with Crippen molar-refractivity contribution in [3.05, 3.63) is 28.7 Å². The monoisotopic (exact) mass is 310 g/mol. The molecule has 2 heterocycles. The number of sulfonamides is 1. The summed E-state index contributed by atoms with van der Waals surface area (Å²) in [6, 6.07) is 4.63. The molecule has 0 unspecified atom stereocenters. The highest BCUT2D eigenvalue weighted by Gasteiger charge is 2.39. The van der Waals surface area contributed by atoms with E-state index in [0.717, 1.165) is 0 Å². The van der Waals surface area contributed by atoms with Crippen molar-refractivity contribution in [1.29, 1.82) is 0 Å². The second kappa shape index (κ2) is 4.69. The van der Waals surface area contributed by atoms with Crippen LogP contribution in [0.15, 0.2) is 27.9 Å². The van der Waals surface area contributed by atoms with E-state index in [1.165, 1.54) is 16.4 Å². The minimum Gasteiger partial charge on any atom is -0.314 e. The van der Waals surface area contributed by atoms with Gasteiger partial charge in [-0.25, -0.2) is 13.2 Å². The van der Waals surface area contributed by atoms with E-state index in [9.17, 15) is 13.2 Å². The molecule has 8 heteroatoms. The Morgan fingerprint density at radius 2 is 1.90 bits per heavy atom. The van der Waals surface area contributed by atoms with Crippen LogP contribution in [0.4, 0.5) is 0 Å². The van der Waals surface area contributed by atoms with E-state index in [0.29, 0.717) is 30.7 Å². The highest BCUT2D eigenvalue weighted by molar-refractivity contribution is 7.89. The van der Waals surface area contributed by atoms with Gasteiger partial charge in [-0.05, 0) is 32.0 Å². The molecule has 0 amide bonds. The molecule has 1 aliphatic heterocycles. The van der Waals surface area contributed by atoms with E-state index < -0.39 is 15.6 Å². The Kier molecular flexibility index (Phi) is 3.19. The maximum absolute atomic E-state index is 12.8. The van der Waals surface area contributed by atoms with Crippen molar-refractivity contribution >= 4 is 21.1 Å². The van der Waals surface area contributed by atoms with Gasteiger partial charge in [0.25, 0.3) is 0 Å². The Bertz CT molecular complexity index is 834. The molecule has 1 fully saturated rings.